The fourth-order valence-corrected chi connectivity index (χ4v) is 2.55. The van der Waals surface area contributed by atoms with Gasteiger partial charge in [-0.25, -0.2) is 10.3 Å². The number of aromatic nitrogens is 2. The summed E-state index contributed by atoms with van der Waals surface area (Å²) in [5.74, 6) is -1.56. The van der Waals surface area contributed by atoms with Crippen LogP contribution < -0.4 is 20.5 Å². The molecule has 12 heteroatoms. The number of rotatable bonds is 5. The Bertz CT molecular complexity index is 910. The molecule has 1 aliphatic rings. The Morgan fingerprint density at radius 2 is 1.96 bits per heavy atom. The number of nitrogens with zero attached hydrogens (tertiary/aromatic N) is 2. The fourth-order valence-electron chi connectivity index (χ4n) is 2.55. The van der Waals surface area contributed by atoms with E-state index in [0.29, 0.717) is 17.5 Å². The third kappa shape index (κ3) is 3.81. The number of amides is 3. The summed E-state index contributed by atoms with van der Waals surface area (Å²) in [5.41, 5.74) is 3.07. The number of benzene rings is 1. The van der Waals surface area contributed by atoms with Crippen LogP contribution in [-0.2, 0) is 15.8 Å². The highest BCUT2D eigenvalue weighted by atomic mass is 19.4. The van der Waals surface area contributed by atoms with Crippen molar-refractivity contribution in [3.63, 3.8) is 0 Å². The number of hydrogen-bond donors (Lipinski definition) is 3. The largest absolute Gasteiger partial charge is 0.497 e. The molecule has 1 aliphatic heterocycles. The summed E-state index contributed by atoms with van der Waals surface area (Å²) in [4.78, 5) is 37.5. The number of nitrogens with one attached hydrogen (secondary N) is 3. The second-order valence-electron chi connectivity index (χ2n) is 5.79. The van der Waals surface area contributed by atoms with Gasteiger partial charge in [-0.05, 0) is 24.3 Å². The van der Waals surface area contributed by atoms with Crippen LogP contribution in [0.3, 0.4) is 0 Å². The third-order valence-corrected chi connectivity index (χ3v) is 3.95. The SMILES string of the molecule is COc1ccc(N2C(=O)CC(NNC(=O)c3cc(C(F)(F)F)[nH]n3)C2=O)cc1. The quantitative estimate of drug-likeness (QED) is 0.512. The van der Waals surface area contributed by atoms with Crippen molar-refractivity contribution in [1.29, 1.82) is 0 Å². The number of methoxy groups -OCH3 is 1. The van der Waals surface area contributed by atoms with Gasteiger partial charge in [0, 0.05) is 6.07 Å². The first-order valence-corrected chi connectivity index (χ1v) is 7.90. The zero-order valence-electron chi connectivity index (χ0n) is 14.3. The van der Waals surface area contributed by atoms with Gasteiger partial charge in [-0.3, -0.25) is 24.9 Å². The van der Waals surface area contributed by atoms with Gasteiger partial charge in [0.25, 0.3) is 11.8 Å². The van der Waals surface area contributed by atoms with Crippen LogP contribution in [0.25, 0.3) is 0 Å². The van der Waals surface area contributed by atoms with Crippen molar-refractivity contribution in [2.24, 2.45) is 0 Å². The summed E-state index contributed by atoms with van der Waals surface area (Å²) in [7, 11) is 1.47. The number of aromatic amines is 1. The maximum absolute atomic E-state index is 12.5. The molecule has 0 radical (unpaired) electrons. The molecule has 28 heavy (non-hydrogen) atoms. The van der Waals surface area contributed by atoms with Crippen molar-refractivity contribution >= 4 is 23.4 Å². The van der Waals surface area contributed by atoms with Crippen LogP contribution in [-0.4, -0.2) is 41.1 Å². The molecule has 1 saturated heterocycles. The Hall–Kier alpha value is -3.41. The first-order valence-electron chi connectivity index (χ1n) is 7.90. The summed E-state index contributed by atoms with van der Waals surface area (Å²) in [6.45, 7) is 0. The van der Waals surface area contributed by atoms with E-state index < -0.39 is 41.3 Å². The molecular weight excluding hydrogens is 383 g/mol. The van der Waals surface area contributed by atoms with Crippen LogP contribution in [0.1, 0.15) is 22.6 Å². The Morgan fingerprint density at radius 3 is 2.54 bits per heavy atom. The summed E-state index contributed by atoms with van der Waals surface area (Å²) in [6.07, 6.45) is -4.91. The number of imide groups is 1. The van der Waals surface area contributed by atoms with Crippen molar-refractivity contribution in [2.45, 2.75) is 18.6 Å². The topological polar surface area (TPSA) is 116 Å². The molecule has 1 unspecified atom stereocenters. The van der Waals surface area contributed by atoms with Crippen molar-refractivity contribution in [3.8, 4) is 5.75 Å². The number of carbonyl (C=O) groups excluding carboxylic acids is 3. The van der Waals surface area contributed by atoms with Gasteiger partial charge in [0.15, 0.2) is 5.69 Å². The molecule has 0 saturated carbocycles. The Kier molecular flexibility index (Phi) is 5.05. The van der Waals surface area contributed by atoms with Gasteiger partial charge >= 0.3 is 6.18 Å². The van der Waals surface area contributed by atoms with Crippen molar-refractivity contribution in [1.82, 2.24) is 21.0 Å². The molecule has 0 bridgehead atoms. The monoisotopic (exact) mass is 397 g/mol. The van der Waals surface area contributed by atoms with E-state index in [1.165, 1.54) is 19.2 Å². The summed E-state index contributed by atoms with van der Waals surface area (Å²) < 4.78 is 42.6. The molecule has 3 rings (SSSR count). The van der Waals surface area contributed by atoms with E-state index in [2.05, 4.69) is 16.0 Å². The lowest BCUT2D eigenvalue weighted by Crippen LogP contribution is -2.48. The zero-order valence-corrected chi connectivity index (χ0v) is 14.3. The molecule has 0 aliphatic carbocycles. The number of anilines is 1. The second kappa shape index (κ2) is 7.31. The highest BCUT2D eigenvalue weighted by molar-refractivity contribution is 6.22. The molecule has 148 valence electrons. The molecule has 1 atom stereocenters. The van der Waals surface area contributed by atoms with Crippen LogP contribution in [0.15, 0.2) is 30.3 Å². The van der Waals surface area contributed by atoms with Gasteiger partial charge in [0.2, 0.25) is 5.91 Å². The van der Waals surface area contributed by atoms with Crippen LogP contribution in [0, 0.1) is 0 Å². The van der Waals surface area contributed by atoms with E-state index >= 15 is 0 Å². The summed E-state index contributed by atoms with van der Waals surface area (Å²) in [6, 6.07) is 5.67. The molecule has 3 N–H and O–H groups in total. The standard InChI is InChI=1S/C16H14F3N5O4/c1-28-9-4-2-8(3-5-9)24-13(25)7-11(15(24)27)21-23-14(26)10-6-12(22-20-10)16(17,18)19/h2-6,11,21H,7H2,1H3,(H,20,22)(H,23,26). The second-order valence-corrected chi connectivity index (χ2v) is 5.79. The van der Waals surface area contributed by atoms with Gasteiger partial charge < -0.3 is 4.74 Å². The minimum Gasteiger partial charge on any atom is -0.497 e. The van der Waals surface area contributed by atoms with Crippen molar-refractivity contribution in [3.05, 3.63) is 41.7 Å². The van der Waals surface area contributed by atoms with Crippen LogP contribution in [0.5, 0.6) is 5.75 Å². The van der Waals surface area contributed by atoms with E-state index in [1.54, 1.807) is 17.2 Å². The number of carbonyl (C=O) groups is 3. The minimum atomic E-state index is -4.67. The summed E-state index contributed by atoms with van der Waals surface area (Å²) >= 11 is 0. The first-order chi connectivity index (χ1) is 13.2. The Morgan fingerprint density at radius 1 is 1.29 bits per heavy atom. The molecule has 2 aromatic rings. The van der Waals surface area contributed by atoms with E-state index in [9.17, 15) is 27.6 Å². The molecular formula is C16H14F3N5O4. The van der Waals surface area contributed by atoms with Crippen molar-refractivity contribution < 1.29 is 32.3 Å². The smallest absolute Gasteiger partial charge is 0.432 e. The van der Waals surface area contributed by atoms with E-state index in [1.807, 2.05) is 0 Å². The van der Waals surface area contributed by atoms with Gasteiger partial charge in [0.1, 0.15) is 17.5 Å². The minimum absolute atomic E-state index is 0.237. The van der Waals surface area contributed by atoms with Gasteiger partial charge in [-0.2, -0.15) is 18.3 Å². The molecule has 9 nitrogen and oxygen atoms in total. The molecule has 1 fully saturated rings. The first kappa shape index (κ1) is 19.4. The summed E-state index contributed by atoms with van der Waals surface area (Å²) in [5, 5.41) is 4.97. The molecule has 1 aromatic heterocycles. The Balaban J connectivity index is 1.63. The number of alkyl halides is 3. The normalized spacial score (nSPS) is 17.1. The third-order valence-electron chi connectivity index (χ3n) is 3.95. The lowest BCUT2D eigenvalue weighted by molar-refractivity contribution is -0.141. The van der Waals surface area contributed by atoms with E-state index in [0.717, 1.165) is 4.90 Å². The van der Waals surface area contributed by atoms with Crippen LogP contribution in [0.2, 0.25) is 0 Å². The lowest BCUT2D eigenvalue weighted by atomic mass is 10.2. The predicted molar refractivity (Wildman–Crippen MR) is 88.1 cm³/mol. The number of hydrogen-bond acceptors (Lipinski definition) is 6. The highest BCUT2D eigenvalue weighted by Gasteiger charge is 2.40. The van der Waals surface area contributed by atoms with Crippen LogP contribution in [0.4, 0.5) is 18.9 Å². The molecule has 1 aromatic carbocycles. The molecule has 3 amide bonds. The highest BCUT2D eigenvalue weighted by Crippen LogP contribution is 2.28. The maximum Gasteiger partial charge on any atom is 0.432 e. The zero-order chi connectivity index (χ0) is 20.5. The molecule has 2 heterocycles. The fraction of sp³-hybridized carbons (Fsp3) is 0.250. The predicted octanol–water partition coefficient (Wildman–Crippen LogP) is 1.00. The van der Waals surface area contributed by atoms with Gasteiger partial charge in [-0.15, -0.1) is 0 Å². The number of hydrazine groups is 1. The number of ether oxygens (including phenoxy) is 1. The van der Waals surface area contributed by atoms with E-state index in [-0.39, 0.29) is 6.42 Å². The van der Waals surface area contributed by atoms with Crippen molar-refractivity contribution in [2.75, 3.05) is 12.0 Å². The Labute approximate surface area is 155 Å². The van der Waals surface area contributed by atoms with Crippen LogP contribution >= 0.6 is 0 Å². The molecule has 0 spiro atoms. The average Bonchev–Trinajstić information content (AvgIpc) is 3.25. The van der Waals surface area contributed by atoms with E-state index in [4.69, 9.17) is 4.74 Å². The van der Waals surface area contributed by atoms with Gasteiger partial charge in [0.05, 0.1) is 19.2 Å². The lowest BCUT2D eigenvalue weighted by Gasteiger charge is -2.16. The average molecular weight is 397 g/mol. The maximum atomic E-state index is 12.5. The number of H-pyrrole nitrogens is 1. The van der Waals surface area contributed by atoms with Gasteiger partial charge in [-0.1, -0.05) is 0 Å². The number of halogens is 3.